The molecule has 0 heterocycles. The average molecular weight is 279 g/mol. The second-order valence-corrected chi connectivity index (χ2v) is 4.85. The second-order valence-electron chi connectivity index (χ2n) is 4.85. The Morgan fingerprint density at radius 2 is 1.60 bits per heavy atom. The Bertz CT molecular complexity index is 576. The molecule has 2 aromatic rings. The van der Waals surface area contributed by atoms with Gasteiger partial charge in [0.25, 0.3) is 0 Å². The summed E-state index contributed by atoms with van der Waals surface area (Å²) in [6, 6.07) is 11.5. The molecule has 1 nitrogen and oxygen atoms in total. The standard InChI is InChI=1S/C16H16F3N/c1-11-8-9-14(12(2)10-11)20-15(16(17,18)19)13-6-4-3-5-7-13/h3-10,15,20H,1-2H3. The Morgan fingerprint density at radius 3 is 2.15 bits per heavy atom. The quantitative estimate of drug-likeness (QED) is 0.832. The summed E-state index contributed by atoms with van der Waals surface area (Å²) in [4.78, 5) is 0. The van der Waals surface area contributed by atoms with Crippen LogP contribution in [0, 0.1) is 13.8 Å². The van der Waals surface area contributed by atoms with Crippen LogP contribution in [-0.4, -0.2) is 6.18 Å². The molecule has 1 N–H and O–H groups in total. The molecule has 1 unspecified atom stereocenters. The fraction of sp³-hybridized carbons (Fsp3) is 0.250. The van der Waals surface area contributed by atoms with Crippen LogP contribution in [0.25, 0.3) is 0 Å². The van der Waals surface area contributed by atoms with Gasteiger partial charge in [-0.25, -0.2) is 0 Å². The summed E-state index contributed by atoms with van der Waals surface area (Å²) in [6.45, 7) is 3.71. The molecular formula is C16H16F3N. The number of alkyl halides is 3. The second kappa shape index (κ2) is 5.57. The lowest BCUT2D eigenvalue weighted by Crippen LogP contribution is -2.28. The van der Waals surface area contributed by atoms with Gasteiger partial charge in [-0.3, -0.25) is 0 Å². The van der Waals surface area contributed by atoms with Crippen LogP contribution in [0.5, 0.6) is 0 Å². The van der Waals surface area contributed by atoms with E-state index in [1.165, 1.54) is 12.1 Å². The van der Waals surface area contributed by atoms with Crippen LogP contribution in [-0.2, 0) is 0 Å². The van der Waals surface area contributed by atoms with Crippen molar-refractivity contribution in [3.8, 4) is 0 Å². The van der Waals surface area contributed by atoms with Gasteiger partial charge < -0.3 is 5.32 Å². The van der Waals surface area contributed by atoms with Crippen molar-refractivity contribution in [1.29, 1.82) is 0 Å². The highest BCUT2D eigenvalue weighted by Gasteiger charge is 2.40. The lowest BCUT2D eigenvalue weighted by molar-refractivity contribution is -0.144. The third-order valence-corrected chi connectivity index (χ3v) is 3.14. The Kier molecular flexibility index (Phi) is 4.02. The molecule has 0 bridgehead atoms. The minimum Gasteiger partial charge on any atom is -0.370 e. The molecule has 0 spiro atoms. The predicted octanol–water partition coefficient (Wildman–Crippen LogP) is 5.02. The van der Waals surface area contributed by atoms with Crippen LogP contribution < -0.4 is 5.32 Å². The molecule has 0 amide bonds. The average Bonchev–Trinajstić information content (AvgIpc) is 2.37. The van der Waals surface area contributed by atoms with Crippen LogP contribution in [0.2, 0.25) is 0 Å². The summed E-state index contributed by atoms with van der Waals surface area (Å²) >= 11 is 0. The number of halogens is 3. The van der Waals surface area contributed by atoms with E-state index in [2.05, 4.69) is 5.32 Å². The van der Waals surface area contributed by atoms with Gasteiger partial charge in [-0.15, -0.1) is 0 Å². The Labute approximate surface area is 116 Å². The molecule has 0 saturated heterocycles. The van der Waals surface area contributed by atoms with Crippen LogP contribution in [0.3, 0.4) is 0 Å². The number of rotatable bonds is 3. The van der Waals surface area contributed by atoms with Crippen molar-refractivity contribution in [2.24, 2.45) is 0 Å². The summed E-state index contributed by atoms with van der Waals surface area (Å²) in [7, 11) is 0. The number of nitrogens with one attached hydrogen (secondary N) is 1. The van der Waals surface area contributed by atoms with Crippen LogP contribution in [0.15, 0.2) is 48.5 Å². The van der Waals surface area contributed by atoms with Gasteiger partial charge in [0.05, 0.1) is 0 Å². The highest BCUT2D eigenvalue weighted by atomic mass is 19.4. The van der Waals surface area contributed by atoms with E-state index in [1.807, 2.05) is 13.0 Å². The maximum Gasteiger partial charge on any atom is 0.412 e. The third kappa shape index (κ3) is 3.32. The fourth-order valence-corrected chi connectivity index (χ4v) is 2.13. The molecule has 2 aromatic carbocycles. The lowest BCUT2D eigenvalue weighted by atomic mass is 10.0. The number of anilines is 1. The highest BCUT2D eigenvalue weighted by Crippen LogP contribution is 2.36. The molecule has 0 aromatic heterocycles. The molecule has 0 radical (unpaired) electrons. The first-order chi connectivity index (χ1) is 9.38. The summed E-state index contributed by atoms with van der Waals surface area (Å²) in [5, 5.41) is 2.61. The third-order valence-electron chi connectivity index (χ3n) is 3.14. The van der Waals surface area contributed by atoms with Crippen molar-refractivity contribution in [3.63, 3.8) is 0 Å². The zero-order valence-electron chi connectivity index (χ0n) is 11.3. The van der Waals surface area contributed by atoms with Crippen molar-refractivity contribution in [2.75, 3.05) is 5.32 Å². The van der Waals surface area contributed by atoms with E-state index in [1.54, 1.807) is 37.3 Å². The lowest BCUT2D eigenvalue weighted by Gasteiger charge is -2.24. The summed E-state index contributed by atoms with van der Waals surface area (Å²) < 4.78 is 39.7. The van der Waals surface area contributed by atoms with Crippen LogP contribution in [0.1, 0.15) is 22.7 Å². The highest BCUT2D eigenvalue weighted by molar-refractivity contribution is 5.53. The molecule has 20 heavy (non-hydrogen) atoms. The van der Waals surface area contributed by atoms with E-state index < -0.39 is 12.2 Å². The monoisotopic (exact) mass is 279 g/mol. The molecule has 4 heteroatoms. The topological polar surface area (TPSA) is 12.0 Å². The van der Waals surface area contributed by atoms with E-state index in [4.69, 9.17) is 0 Å². The predicted molar refractivity (Wildman–Crippen MR) is 74.8 cm³/mol. The van der Waals surface area contributed by atoms with Gasteiger partial charge in [0.2, 0.25) is 0 Å². The minimum absolute atomic E-state index is 0.208. The normalized spacial score (nSPS) is 13.1. The smallest absolute Gasteiger partial charge is 0.370 e. The number of hydrogen-bond acceptors (Lipinski definition) is 1. The van der Waals surface area contributed by atoms with Crippen molar-refractivity contribution in [2.45, 2.75) is 26.1 Å². The van der Waals surface area contributed by atoms with E-state index in [0.717, 1.165) is 11.1 Å². The van der Waals surface area contributed by atoms with Crippen molar-refractivity contribution in [3.05, 3.63) is 65.2 Å². The molecule has 0 aliphatic heterocycles. The minimum atomic E-state index is -4.35. The summed E-state index contributed by atoms with van der Waals surface area (Å²) in [5.41, 5.74) is 2.54. The van der Waals surface area contributed by atoms with E-state index >= 15 is 0 Å². The van der Waals surface area contributed by atoms with E-state index in [0.29, 0.717) is 5.69 Å². The Morgan fingerprint density at radius 1 is 0.950 bits per heavy atom. The molecule has 106 valence electrons. The zero-order chi connectivity index (χ0) is 14.8. The Balaban J connectivity index is 2.34. The van der Waals surface area contributed by atoms with Crippen LogP contribution in [0.4, 0.5) is 18.9 Å². The molecule has 1 atom stereocenters. The van der Waals surface area contributed by atoms with Gasteiger partial charge >= 0.3 is 6.18 Å². The number of benzene rings is 2. The van der Waals surface area contributed by atoms with Crippen LogP contribution >= 0.6 is 0 Å². The van der Waals surface area contributed by atoms with Gasteiger partial charge in [0, 0.05) is 5.69 Å². The first-order valence-corrected chi connectivity index (χ1v) is 6.33. The summed E-state index contributed by atoms with van der Waals surface area (Å²) in [6.07, 6.45) is -4.35. The van der Waals surface area contributed by atoms with Crippen molar-refractivity contribution < 1.29 is 13.2 Å². The Hall–Kier alpha value is -1.97. The maximum atomic E-state index is 13.2. The zero-order valence-corrected chi connectivity index (χ0v) is 11.3. The number of hydrogen-bond donors (Lipinski definition) is 1. The molecule has 2 rings (SSSR count). The van der Waals surface area contributed by atoms with Gasteiger partial charge in [-0.1, -0.05) is 48.0 Å². The molecule has 0 fully saturated rings. The maximum absolute atomic E-state index is 13.2. The molecule has 0 saturated carbocycles. The molecule has 0 aliphatic rings. The number of aryl methyl sites for hydroxylation is 2. The van der Waals surface area contributed by atoms with Gasteiger partial charge in [-0.2, -0.15) is 13.2 Å². The largest absolute Gasteiger partial charge is 0.412 e. The van der Waals surface area contributed by atoms with E-state index in [-0.39, 0.29) is 5.56 Å². The fourth-order valence-electron chi connectivity index (χ4n) is 2.13. The van der Waals surface area contributed by atoms with Crippen molar-refractivity contribution in [1.82, 2.24) is 0 Å². The summed E-state index contributed by atoms with van der Waals surface area (Å²) in [5.74, 6) is 0. The van der Waals surface area contributed by atoms with Gasteiger partial charge in [0.15, 0.2) is 0 Å². The van der Waals surface area contributed by atoms with Gasteiger partial charge in [0.1, 0.15) is 6.04 Å². The molecule has 0 aliphatic carbocycles. The van der Waals surface area contributed by atoms with Crippen molar-refractivity contribution >= 4 is 5.69 Å². The first kappa shape index (κ1) is 14.4. The molecular weight excluding hydrogens is 263 g/mol. The first-order valence-electron chi connectivity index (χ1n) is 6.33. The van der Waals surface area contributed by atoms with E-state index in [9.17, 15) is 13.2 Å². The SMILES string of the molecule is Cc1ccc(NC(c2ccccc2)C(F)(F)F)c(C)c1. The van der Waals surface area contributed by atoms with Gasteiger partial charge in [-0.05, 0) is 31.0 Å².